The Hall–Kier alpha value is -2.55. The number of carbonyl (C=O) groups excluding carboxylic acids is 2. The number of thioether (sulfide) groups is 1. The maximum absolute atomic E-state index is 13.4. The van der Waals surface area contributed by atoms with Gasteiger partial charge in [0.15, 0.2) is 6.61 Å². The molecule has 0 atom stereocenters. The number of nitrogens with one attached hydrogen (secondary N) is 1. The normalized spacial score (nSPS) is 10.6. The number of carbonyl (C=O) groups is 2. The molecule has 0 radical (unpaired) electrons. The highest BCUT2D eigenvalue weighted by Gasteiger charge is 2.17. The SMILES string of the molecule is O=C(COC(=O)c1ccccc1SC(F)F)Nc1ccc(F)cc1F. The molecule has 0 bridgehead atoms. The highest BCUT2D eigenvalue weighted by atomic mass is 32.2. The molecule has 0 aliphatic rings. The minimum atomic E-state index is -2.72. The number of hydrogen-bond donors (Lipinski definition) is 1. The molecule has 0 aliphatic heterocycles. The topological polar surface area (TPSA) is 55.4 Å². The Morgan fingerprint density at radius 1 is 1.12 bits per heavy atom. The molecule has 1 N–H and O–H groups in total. The maximum Gasteiger partial charge on any atom is 0.339 e. The predicted molar refractivity (Wildman–Crippen MR) is 83.6 cm³/mol. The zero-order valence-corrected chi connectivity index (χ0v) is 13.3. The van der Waals surface area contributed by atoms with Crippen LogP contribution in [-0.2, 0) is 9.53 Å². The summed E-state index contributed by atoms with van der Waals surface area (Å²) in [6.45, 7) is -0.761. The van der Waals surface area contributed by atoms with Crippen molar-refractivity contribution in [1.29, 1.82) is 0 Å². The first-order chi connectivity index (χ1) is 11.9. The van der Waals surface area contributed by atoms with Gasteiger partial charge in [-0.15, -0.1) is 0 Å². The Morgan fingerprint density at radius 3 is 2.52 bits per heavy atom. The van der Waals surface area contributed by atoms with E-state index in [2.05, 4.69) is 5.32 Å². The summed E-state index contributed by atoms with van der Waals surface area (Å²) in [6.07, 6.45) is 0. The third-order valence-electron chi connectivity index (χ3n) is 2.86. The molecule has 0 fully saturated rings. The number of esters is 1. The molecule has 0 saturated carbocycles. The molecule has 0 spiro atoms. The highest BCUT2D eigenvalue weighted by Crippen LogP contribution is 2.28. The van der Waals surface area contributed by atoms with Crippen LogP contribution in [0, 0.1) is 11.6 Å². The molecule has 0 heterocycles. The summed E-state index contributed by atoms with van der Waals surface area (Å²) in [6, 6.07) is 8.08. The quantitative estimate of drug-likeness (QED) is 0.471. The van der Waals surface area contributed by atoms with Crippen molar-refractivity contribution in [2.24, 2.45) is 0 Å². The van der Waals surface area contributed by atoms with Crippen LogP contribution >= 0.6 is 11.8 Å². The van der Waals surface area contributed by atoms with E-state index < -0.39 is 35.9 Å². The van der Waals surface area contributed by atoms with Gasteiger partial charge in [0.1, 0.15) is 11.6 Å². The van der Waals surface area contributed by atoms with Gasteiger partial charge in [-0.2, -0.15) is 8.78 Å². The van der Waals surface area contributed by atoms with E-state index in [0.29, 0.717) is 6.07 Å². The van der Waals surface area contributed by atoms with E-state index in [1.54, 1.807) is 0 Å². The largest absolute Gasteiger partial charge is 0.452 e. The molecule has 2 rings (SSSR count). The molecule has 0 aromatic heterocycles. The summed E-state index contributed by atoms with van der Waals surface area (Å²) in [7, 11) is 0. The van der Waals surface area contributed by atoms with Gasteiger partial charge in [0.05, 0.1) is 11.3 Å². The molecular weight excluding hydrogens is 362 g/mol. The van der Waals surface area contributed by atoms with Gasteiger partial charge in [-0.1, -0.05) is 23.9 Å². The van der Waals surface area contributed by atoms with Gasteiger partial charge in [-0.25, -0.2) is 13.6 Å². The van der Waals surface area contributed by atoms with E-state index in [0.717, 1.165) is 12.1 Å². The minimum absolute atomic E-state index is 0.00693. The number of halogens is 4. The van der Waals surface area contributed by atoms with E-state index in [-0.39, 0.29) is 27.9 Å². The van der Waals surface area contributed by atoms with Crippen LogP contribution in [0.25, 0.3) is 0 Å². The smallest absolute Gasteiger partial charge is 0.339 e. The van der Waals surface area contributed by atoms with Gasteiger partial charge in [-0.3, -0.25) is 4.79 Å². The Kier molecular flexibility index (Phi) is 6.40. The number of alkyl halides is 2. The van der Waals surface area contributed by atoms with Gasteiger partial charge in [0.2, 0.25) is 0 Å². The first-order valence-corrected chi connectivity index (χ1v) is 7.70. The van der Waals surface area contributed by atoms with Gasteiger partial charge in [0, 0.05) is 11.0 Å². The standard InChI is InChI=1S/C16H11F4NO3S/c17-9-5-6-12(11(18)7-9)21-14(22)8-24-15(23)10-3-1-2-4-13(10)25-16(19)20/h1-7,16H,8H2,(H,21,22). The van der Waals surface area contributed by atoms with Crippen LogP contribution < -0.4 is 5.32 Å². The lowest BCUT2D eigenvalue weighted by Gasteiger charge is -2.10. The fourth-order valence-corrected chi connectivity index (χ4v) is 2.45. The van der Waals surface area contributed by atoms with E-state index in [9.17, 15) is 27.2 Å². The summed E-state index contributed by atoms with van der Waals surface area (Å²) >= 11 is 0.174. The molecule has 0 aliphatic carbocycles. The number of rotatable bonds is 6. The number of anilines is 1. The average molecular weight is 373 g/mol. The van der Waals surface area contributed by atoms with Crippen molar-refractivity contribution >= 4 is 29.3 Å². The second-order valence-electron chi connectivity index (χ2n) is 4.62. The average Bonchev–Trinajstić information content (AvgIpc) is 2.55. The van der Waals surface area contributed by atoms with E-state index in [1.807, 2.05) is 0 Å². The summed E-state index contributed by atoms with van der Waals surface area (Å²) in [5, 5.41) is 2.11. The van der Waals surface area contributed by atoms with Crippen LogP contribution in [0.5, 0.6) is 0 Å². The van der Waals surface area contributed by atoms with E-state index >= 15 is 0 Å². The van der Waals surface area contributed by atoms with Crippen LogP contribution in [0.4, 0.5) is 23.2 Å². The predicted octanol–water partition coefficient (Wildman–Crippen LogP) is 4.08. The van der Waals surface area contributed by atoms with Crippen molar-refractivity contribution < 1.29 is 31.9 Å². The Labute approximate surface area is 144 Å². The third-order valence-corrected chi connectivity index (χ3v) is 3.65. The summed E-state index contributed by atoms with van der Waals surface area (Å²) < 4.78 is 55.9. The zero-order chi connectivity index (χ0) is 18.4. The highest BCUT2D eigenvalue weighted by molar-refractivity contribution is 7.99. The van der Waals surface area contributed by atoms with Gasteiger partial charge < -0.3 is 10.1 Å². The second kappa shape index (κ2) is 8.52. The third kappa shape index (κ3) is 5.49. The first-order valence-electron chi connectivity index (χ1n) is 6.82. The van der Waals surface area contributed by atoms with Crippen LogP contribution in [-0.4, -0.2) is 24.2 Å². The van der Waals surface area contributed by atoms with Crippen LogP contribution in [0.2, 0.25) is 0 Å². The number of benzene rings is 2. The Balaban J connectivity index is 1.97. The molecule has 0 saturated heterocycles. The van der Waals surface area contributed by atoms with E-state index in [1.165, 1.54) is 24.3 Å². The first kappa shape index (κ1) is 18.8. The molecule has 2 aromatic carbocycles. The molecule has 2 aromatic rings. The Bertz CT molecular complexity index is 786. The van der Waals surface area contributed by atoms with Crippen LogP contribution in [0.3, 0.4) is 0 Å². The monoisotopic (exact) mass is 373 g/mol. The van der Waals surface area contributed by atoms with Crippen LogP contribution in [0.1, 0.15) is 10.4 Å². The second-order valence-corrected chi connectivity index (χ2v) is 5.66. The lowest BCUT2D eigenvalue weighted by molar-refractivity contribution is -0.119. The van der Waals surface area contributed by atoms with Crippen molar-refractivity contribution in [2.45, 2.75) is 10.7 Å². The summed E-state index contributed by atoms with van der Waals surface area (Å²) in [5.41, 5.74) is -0.398. The van der Waals surface area contributed by atoms with Crippen molar-refractivity contribution in [1.82, 2.24) is 0 Å². The Morgan fingerprint density at radius 2 is 1.84 bits per heavy atom. The molecule has 0 unspecified atom stereocenters. The minimum Gasteiger partial charge on any atom is -0.452 e. The molecule has 1 amide bonds. The fraction of sp³-hybridized carbons (Fsp3) is 0.125. The van der Waals surface area contributed by atoms with Crippen LogP contribution in [0.15, 0.2) is 47.4 Å². The molecule has 4 nitrogen and oxygen atoms in total. The summed E-state index contributed by atoms with van der Waals surface area (Å²) in [5.74, 6) is -6.36. The van der Waals surface area contributed by atoms with Crippen molar-refractivity contribution in [3.05, 3.63) is 59.7 Å². The van der Waals surface area contributed by atoms with Crippen molar-refractivity contribution in [2.75, 3.05) is 11.9 Å². The number of hydrogen-bond acceptors (Lipinski definition) is 4. The number of ether oxygens (including phenoxy) is 1. The number of amides is 1. The lowest BCUT2D eigenvalue weighted by atomic mass is 10.2. The molecule has 132 valence electrons. The van der Waals surface area contributed by atoms with E-state index in [4.69, 9.17) is 4.74 Å². The summed E-state index contributed by atoms with van der Waals surface area (Å²) in [4.78, 5) is 23.6. The van der Waals surface area contributed by atoms with Crippen molar-refractivity contribution in [3.8, 4) is 0 Å². The molecule has 25 heavy (non-hydrogen) atoms. The van der Waals surface area contributed by atoms with Gasteiger partial charge in [0.25, 0.3) is 11.7 Å². The zero-order valence-electron chi connectivity index (χ0n) is 12.5. The fourth-order valence-electron chi connectivity index (χ4n) is 1.82. The maximum atomic E-state index is 13.4. The molecular formula is C16H11F4NO3S. The molecule has 9 heteroatoms. The lowest BCUT2D eigenvalue weighted by Crippen LogP contribution is -2.21. The van der Waals surface area contributed by atoms with Gasteiger partial charge in [-0.05, 0) is 24.3 Å². The van der Waals surface area contributed by atoms with Gasteiger partial charge >= 0.3 is 5.97 Å². The van der Waals surface area contributed by atoms with Crippen molar-refractivity contribution in [3.63, 3.8) is 0 Å².